The summed E-state index contributed by atoms with van der Waals surface area (Å²) in [6, 6.07) is 5.15. The van der Waals surface area contributed by atoms with Crippen molar-refractivity contribution in [3.63, 3.8) is 0 Å². The Balaban J connectivity index is 2.49. The number of nitrogens with one attached hydrogen (secondary N) is 1. The van der Waals surface area contributed by atoms with E-state index in [1.807, 2.05) is 20.8 Å². The summed E-state index contributed by atoms with van der Waals surface area (Å²) >= 11 is 0. The van der Waals surface area contributed by atoms with Crippen LogP contribution in [0.25, 0.3) is 0 Å². The second-order valence-electron chi connectivity index (χ2n) is 5.52. The molecule has 0 aromatic heterocycles. The van der Waals surface area contributed by atoms with Crippen molar-refractivity contribution in [1.82, 2.24) is 5.32 Å². The molecule has 1 amide bonds. The smallest absolute Gasteiger partial charge is 0.338 e. The first kappa shape index (κ1) is 17.9. The van der Waals surface area contributed by atoms with Crippen LogP contribution in [0.4, 0.5) is 4.39 Å². The van der Waals surface area contributed by atoms with Crippen LogP contribution in [0.15, 0.2) is 36.4 Å². The third kappa shape index (κ3) is 6.08. The van der Waals surface area contributed by atoms with Crippen LogP contribution in [0.3, 0.4) is 0 Å². The Morgan fingerprint density at radius 2 is 1.73 bits per heavy atom. The predicted molar refractivity (Wildman–Crippen MR) is 82.9 cm³/mol. The van der Waals surface area contributed by atoms with Gasteiger partial charge in [-0.25, -0.2) is 9.18 Å². The van der Waals surface area contributed by atoms with Crippen molar-refractivity contribution < 1.29 is 18.7 Å². The van der Waals surface area contributed by atoms with Crippen LogP contribution in [0.2, 0.25) is 0 Å². The maximum atomic E-state index is 12.8. The average Bonchev–Trinajstić information content (AvgIpc) is 2.45. The largest absolute Gasteiger partial charge is 0.455 e. The number of hydrogen-bond acceptors (Lipinski definition) is 3. The van der Waals surface area contributed by atoms with E-state index in [0.29, 0.717) is 5.92 Å². The van der Waals surface area contributed by atoms with E-state index in [2.05, 4.69) is 5.32 Å². The quantitative estimate of drug-likeness (QED) is 0.649. The Hall–Kier alpha value is -2.17. The summed E-state index contributed by atoms with van der Waals surface area (Å²) in [4.78, 5) is 23.5. The monoisotopic (exact) mass is 307 g/mol. The fraction of sp³-hybridized carbons (Fsp3) is 0.412. The molecule has 0 bridgehead atoms. The van der Waals surface area contributed by atoms with Gasteiger partial charge in [-0.2, -0.15) is 0 Å². The van der Waals surface area contributed by atoms with Gasteiger partial charge >= 0.3 is 5.97 Å². The van der Waals surface area contributed by atoms with Crippen molar-refractivity contribution in [2.75, 3.05) is 0 Å². The standard InChI is InChI=1S/C17H22FNO3/c1-11(2)13(4)19-16(20)10-5-12(3)22-17(21)14-6-8-15(18)9-7-14/h5-13H,1-4H3,(H,19,20)/b10-5-. The molecule has 5 heteroatoms. The number of carbonyl (C=O) groups is 2. The third-order valence-corrected chi connectivity index (χ3v) is 3.26. The summed E-state index contributed by atoms with van der Waals surface area (Å²) in [5.74, 6) is -0.870. The van der Waals surface area contributed by atoms with E-state index < -0.39 is 17.9 Å². The molecule has 1 N–H and O–H groups in total. The SMILES string of the molecule is CC(/C=C\C(=O)NC(C)C(C)C)OC(=O)c1ccc(F)cc1. The molecular formula is C17H22FNO3. The van der Waals surface area contributed by atoms with Gasteiger partial charge in [0.25, 0.3) is 0 Å². The van der Waals surface area contributed by atoms with E-state index in [4.69, 9.17) is 4.74 Å². The summed E-state index contributed by atoms with van der Waals surface area (Å²) in [5, 5.41) is 2.82. The first-order valence-electron chi connectivity index (χ1n) is 7.25. The van der Waals surface area contributed by atoms with E-state index in [0.717, 1.165) is 0 Å². The van der Waals surface area contributed by atoms with Gasteiger partial charge in [-0.3, -0.25) is 4.79 Å². The van der Waals surface area contributed by atoms with Gasteiger partial charge in [0.2, 0.25) is 5.91 Å². The van der Waals surface area contributed by atoms with Crippen LogP contribution >= 0.6 is 0 Å². The Morgan fingerprint density at radius 3 is 2.27 bits per heavy atom. The summed E-state index contributed by atoms with van der Waals surface area (Å²) in [6.45, 7) is 7.61. The van der Waals surface area contributed by atoms with Gasteiger partial charge in [-0.1, -0.05) is 13.8 Å². The lowest BCUT2D eigenvalue weighted by Crippen LogP contribution is -2.35. The van der Waals surface area contributed by atoms with Gasteiger partial charge in [0.05, 0.1) is 5.56 Å². The van der Waals surface area contributed by atoms with Crippen molar-refractivity contribution >= 4 is 11.9 Å². The van der Waals surface area contributed by atoms with Gasteiger partial charge in [0.1, 0.15) is 11.9 Å². The maximum Gasteiger partial charge on any atom is 0.338 e. The van der Waals surface area contributed by atoms with E-state index in [1.54, 1.807) is 6.92 Å². The molecule has 0 saturated carbocycles. The fourth-order valence-electron chi connectivity index (χ4n) is 1.52. The molecule has 2 unspecified atom stereocenters. The molecule has 0 aliphatic rings. The Kier molecular flexibility index (Phi) is 6.76. The van der Waals surface area contributed by atoms with Gasteiger partial charge in [-0.05, 0) is 50.1 Å². The van der Waals surface area contributed by atoms with Crippen molar-refractivity contribution in [3.8, 4) is 0 Å². The van der Waals surface area contributed by atoms with Crippen LogP contribution in [0.1, 0.15) is 38.1 Å². The molecule has 0 aliphatic carbocycles. The number of amides is 1. The minimum atomic E-state index is -0.562. The lowest BCUT2D eigenvalue weighted by molar-refractivity contribution is -0.117. The highest BCUT2D eigenvalue weighted by Crippen LogP contribution is 2.07. The minimum Gasteiger partial charge on any atom is -0.455 e. The van der Waals surface area contributed by atoms with Crippen molar-refractivity contribution in [3.05, 3.63) is 47.8 Å². The van der Waals surface area contributed by atoms with E-state index in [1.165, 1.54) is 36.4 Å². The fourth-order valence-corrected chi connectivity index (χ4v) is 1.52. The van der Waals surface area contributed by atoms with Gasteiger partial charge in [0.15, 0.2) is 0 Å². The second-order valence-corrected chi connectivity index (χ2v) is 5.52. The van der Waals surface area contributed by atoms with Crippen LogP contribution in [0.5, 0.6) is 0 Å². The first-order chi connectivity index (χ1) is 10.3. The van der Waals surface area contributed by atoms with E-state index in [9.17, 15) is 14.0 Å². The third-order valence-electron chi connectivity index (χ3n) is 3.26. The topological polar surface area (TPSA) is 55.4 Å². The molecule has 0 spiro atoms. The normalized spacial score (nSPS) is 13.9. The van der Waals surface area contributed by atoms with E-state index >= 15 is 0 Å². The summed E-state index contributed by atoms with van der Waals surface area (Å²) < 4.78 is 17.9. The molecule has 22 heavy (non-hydrogen) atoms. The number of hydrogen-bond donors (Lipinski definition) is 1. The first-order valence-corrected chi connectivity index (χ1v) is 7.25. The van der Waals surface area contributed by atoms with Crippen LogP contribution in [0, 0.1) is 11.7 Å². The highest BCUT2D eigenvalue weighted by atomic mass is 19.1. The molecule has 0 heterocycles. The second kappa shape index (κ2) is 8.32. The average molecular weight is 307 g/mol. The summed E-state index contributed by atoms with van der Waals surface area (Å²) in [7, 11) is 0. The number of esters is 1. The molecule has 0 aliphatic heterocycles. The predicted octanol–water partition coefficient (Wildman–Crippen LogP) is 3.09. The lowest BCUT2D eigenvalue weighted by Gasteiger charge is -2.16. The number of ether oxygens (including phenoxy) is 1. The lowest BCUT2D eigenvalue weighted by atomic mass is 10.1. The van der Waals surface area contributed by atoms with Crippen molar-refractivity contribution in [2.45, 2.75) is 39.8 Å². The van der Waals surface area contributed by atoms with Gasteiger partial charge < -0.3 is 10.1 Å². The number of rotatable bonds is 6. The molecule has 0 fully saturated rings. The minimum absolute atomic E-state index is 0.0641. The zero-order chi connectivity index (χ0) is 16.7. The Labute approximate surface area is 130 Å². The molecule has 0 radical (unpaired) electrons. The zero-order valence-corrected chi connectivity index (χ0v) is 13.3. The van der Waals surface area contributed by atoms with Crippen LogP contribution in [-0.4, -0.2) is 24.0 Å². The number of halogens is 1. The molecule has 1 aromatic rings. The number of carbonyl (C=O) groups excluding carboxylic acids is 2. The zero-order valence-electron chi connectivity index (χ0n) is 13.3. The number of benzene rings is 1. The van der Waals surface area contributed by atoms with Crippen LogP contribution in [-0.2, 0) is 9.53 Å². The molecule has 120 valence electrons. The molecule has 1 rings (SSSR count). The molecular weight excluding hydrogens is 285 g/mol. The van der Waals surface area contributed by atoms with Crippen LogP contribution < -0.4 is 5.32 Å². The molecule has 2 atom stereocenters. The molecule has 1 aromatic carbocycles. The molecule has 4 nitrogen and oxygen atoms in total. The maximum absolute atomic E-state index is 12.8. The summed E-state index contributed by atoms with van der Waals surface area (Å²) in [6.07, 6.45) is 2.29. The van der Waals surface area contributed by atoms with Gasteiger partial charge in [0, 0.05) is 12.1 Å². The van der Waals surface area contributed by atoms with Crippen molar-refractivity contribution in [1.29, 1.82) is 0 Å². The summed E-state index contributed by atoms with van der Waals surface area (Å²) in [5.41, 5.74) is 0.263. The van der Waals surface area contributed by atoms with Gasteiger partial charge in [-0.15, -0.1) is 0 Å². The van der Waals surface area contributed by atoms with Crippen molar-refractivity contribution in [2.24, 2.45) is 5.92 Å². The molecule has 0 saturated heterocycles. The highest BCUT2D eigenvalue weighted by molar-refractivity contribution is 5.90. The van der Waals surface area contributed by atoms with E-state index in [-0.39, 0.29) is 17.5 Å². The highest BCUT2D eigenvalue weighted by Gasteiger charge is 2.11. The Bertz CT molecular complexity index is 537. The Morgan fingerprint density at radius 1 is 1.14 bits per heavy atom.